The van der Waals surface area contributed by atoms with Gasteiger partial charge in [-0.05, 0) is 24.8 Å². The highest BCUT2D eigenvalue weighted by molar-refractivity contribution is 7.80. The Labute approximate surface area is 106 Å². The normalized spacial score (nSPS) is 30.9. The number of likely N-dealkylation sites (tertiary alicyclic amines) is 1. The average Bonchev–Trinajstić information content (AvgIpc) is 2.81. The molecule has 1 nitrogen and oxygen atoms in total. The van der Waals surface area contributed by atoms with Crippen molar-refractivity contribution < 1.29 is 0 Å². The summed E-state index contributed by atoms with van der Waals surface area (Å²) in [6, 6.07) is 0. The van der Waals surface area contributed by atoms with E-state index < -0.39 is 0 Å². The second kappa shape index (κ2) is 6.90. The number of hydrogen-bond donors (Lipinski definition) is 1. The Balaban J connectivity index is 1.81. The van der Waals surface area contributed by atoms with Crippen molar-refractivity contribution in [2.75, 3.05) is 19.0 Å². The third-order valence-electron chi connectivity index (χ3n) is 4.58. The second-order valence-corrected chi connectivity index (χ2v) is 6.01. The predicted octanol–water partition coefficient (Wildman–Crippen LogP) is 3.95. The van der Waals surface area contributed by atoms with Gasteiger partial charge in [-0.1, -0.05) is 51.4 Å². The summed E-state index contributed by atoms with van der Waals surface area (Å²) in [5.41, 5.74) is 0. The van der Waals surface area contributed by atoms with E-state index in [1.165, 1.54) is 70.9 Å². The standard InChI is InChI=1S/C14H27NS/c16-12-15-10-9-14(11-15)13-7-5-3-1-2-4-6-8-13/h13-14,16H,1-12H2. The smallest absolute Gasteiger partial charge is 0.0414 e. The molecule has 1 heterocycles. The van der Waals surface area contributed by atoms with Gasteiger partial charge in [-0.25, -0.2) is 0 Å². The Morgan fingerprint density at radius 3 is 2.00 bits per heavy atom. The highest BCUT2D eigenvalue weighted by Gasteiger charge is 2.28. The largest absolute Gasteiger partial charge is 0.294 e. The Bertz CT molecular complexity index is 185. The molecule has 0 aromatic carbocycles. The first kappa shape index (κ1) is 12.8. The monoisotopic (exact) mass is 241 g/mol. The fraction of sp³-hybridized carbons (Fsp3) is 1.00. The van der Waals surface area contributed by atoms with Gasteiger partial charge in [-0.15, -0.1) is 0 Å². The molecule has 0 spiro atoms. The van der Waals surface area contributed by atoms with Crippen LogP contribution in [0.15, 0.2) is 0 Å². The molecule has 0 aromatic heterocycles. The van der Waals surface area contributed by atoms with Crippen LogP contribution in [0.5, 0.6) is 0 Å². The molecule has 94 valence electrons. The van der Waals surface area contributed by atoms with Gasteiger partial charge >= 0.3 is 0 Å². The Morgan fingerprint density at radius 1 is 0.812 bits per heavy atom. The van der Waals surface area contributed by atoms with E-state index in [2.05, 4.69) is 17.5 Å². The number of hydrogen-bond acceptors (Lipinski definition) is 2. The van der Waals surface area contributed by atoms with Gasteiger partial charge in [-0.2, -0.15) is 12.6 Å². The van der Waals surface area contributed by atoms with Crippen LogP contribution in [0, 0.1) is 11.8 Å². The summed E-state index contributed by atoms with van der Waals surface area (Å²) in [6.45, 7) is 2.62. The van der Waals surface area contributed by atoms with Gasteiger partial charge in [0.2, 0.25) is 0 Å². The number of nitrogens with zero attached hydrogens (tertiary/aromatic N) is 1. The first-order chi connectivity index (χ1) is 7.90. The Hall–Kier alpha value is 0.310. The molecule has 0 radical (unpaired) electrons. The molecule has 1 saturated carbocycles. The Kier molecular flexibility index (Phi) is 5.51. The summed E-state index contributed by atoms with van der Waals surface area (Å²) in [4.78, 5) is 2.51. The van der Waals surface area contributed by atoms with Crippen LogP contribution >= 0.6 is 12.6 Å². The number of thiol groups is 1. The molecular formula is C14H27NS. The van der Waals surface area contributed by atoms with Gasteiger partial charge in [0.1, 0.15) is 0 Å². The second-order valence-electron chi connectivity index (χ2n) is 5.73. The maximum Gasteiger partial charge on any atom is 0.0414 e. The summed E-state index contributed by atoms with van der Waals surface area (Å²) < 4.78 is 0. The highest BCUT2D eigenvalue weighted by atomic mass is 32.1. The molecule has 0 bridgehead atoms. The summed E-state index contributed by atoms with van der Waals surface area (Å²) in [7, 11) is 0. The molecule has 0 amide bonds. The zero-order valence-corrected chi connectivity index (χ0v) is 11.4. The minimum atomic E-state index is 0.962. The van der Waals surface area contributed by atoms with E-state index in [-0.39, 0.29) is 0 Å². The van der Waals surface area contributed by atoms with Gasteiger partial charge in [0.25, 0.3) is 0 Å². The van der Waals surface area contributed by atoms with E-state index in [0.29, 0.717) is 0 Å². The minimum absolute atomic E-state index is 0.962. The van der Waals surface area contributed by atoms with Crippen LogP contribution in [0.4, 0.5) is 0 Å². The number of rotatable bonds is 2. The third kappa shape index (κ3) is 3.66. The molecule has 1 aliphatic heterocycles. The van der Waals surface area contributed by atoms with Crippen molar-refractivity contribution in [2.45, 2.75) is 57.8 Å². The summed E-state index contributed by atoms with van der Waals surface area (Å²) in [5, 5.41) is 0. The van der Waals surface area contributed by atoms with Crippen LogP contribution in [0.1, 0.15) is 57.8 Å². The predicted molar refractivity (Wildman–Crippen MR) is 74.0 cm³/mol. The fourth-order valence-corrected chi connectivity index (χ4v) is 3.77. The maximum atomic E-state index is 4.40. The quantitative estimate of drug-likeness (QED) is 0.717. The molecule has 1 atom stereocenters. The summed E-state index contributed by atoms with van der Waals surface area (Å²) >= 11 is 4.40. The van der Waals surface area contributed by atoms with Gasteiger partial charge < -0.3 is 0 Å². The van der Waals surface area contributed by atoms with Crippen LogP contribution in [0.3, 0.4) is 0 Å². The van der Waals surface area contributed by atoms with Gasteiger partial charge in [0.05, 0.1) is 0 Å². The van der Waals surface area contributed by atoms with E-state index in [9.17, 15) is 0 Å². The van der Waals surface area contributed by atoms with Crippen molar-refractivity contribution in [1.82, 2.24) is 4.90 Å². The fourth-order valence-electron chi connectivity index (χ4n) is 3.51. The lowest BCUT2D eigenvalue weighted by Crippen LogP contribution is -2.22. The lowest BCUT2D eigenvalue weighted by atomic mass is 9.84. The van der Waals surface area contributed by atoms with Crippen LogP contribution in [-0.2, 0) is 0 Å². The molecule has 2 fully saturated rings. The van der Waals surface area contributed by atoms with E-state index in [4.69, 9.17) is 0 Å². The maximum absolute atomic E-state index is 4.40. The zero-order chi connectivity index (χ0) is 11.2. The summed E-state index contributed by atoms with van der Waals surface area (Å²) in [6.07, 6.45) is 13.4. The molecule has 1 saturated heterocycles. The van der Waals surface area contributed by atoms with Gasteiger partial charge in [-0.3, -0.25) is 4.90 Å². The third-order valence-corrected chi connectivity index (χ3v) is 4.98. The van der Waals surface area contributed by atoms with E-state index in [1.807, 2.05) is 0 Å². The van der Waals surface area contributed by atoms with Crippen molar-refractivity contribution in [3.8, 4) is 0 Å². The molecular weight excluding hydrogens is 214 g/mol. The van der Waals surface area contributed by atoms with E-state index in [0.717, 1.165) is 17.7 Å². The lowest BCUT2D eigenvalue weighted by Gasteiger charge is -2.23. The lowest BCUT2D eigenvalue weighted by molar-refractivity contribution is 0.277. The van der Waals surface area contributed by atoms with Crippen molar-refractivity contribution in [2.24, 2.45) is 11.8 Å². The van der Waals surface area contributed by atoms with Crippen molar-refractivity contribution >= 4 is 12.6 Å². The summed E-state index contributed by atoms with van der Waals surface area (Å²) in [5.74, 6) is 2.98. The SMILES string of the molecule is SCN1CCC(C2CCCCCCCC2)C1. The van der Waals surface area contributed by atoms with Gasteiger partial charge in [0.15, 0.2) is 0 Å². The van der Waals surface area contributed by atoms with Crippen LogP contribution in [-0.4, -0.2) is 23.9 Å². The van der Waals surface area contributed by atoms with Gasteiger partial charge in [0, 0.05) is 12.4 Å². The molecule has 2 aliphatic rings. The minimum Gasteiger partial charge on any atom is -0.294 e. The van der Waals surface area contributed by atoms with Crippen molar-refractivity contribution in [1.29, 1.82) is 0 Å². The molecule has 0 N–H and O–H groups in total. The first-order valence-corrected chi connectivity index (χ1v) is 7.86. The first-order valence-electron chi connectivity index (χ1n) is 7.23. The molecule has 2 rings (SSSR count). The topological polar surface area (TPSA) is 3.24 Å². The molecule has 16 heavy (non-hydrogen) atoms. The van der Waals surface area contributed by atoms with Crippen molar-refractivity contribution in [3.63, 3.8) is 0 Å². The van der Waals surface area contributed by atoms with E-state index in [1.54, 1.807) is 0 Å². The van der Waals surface area contributed by atoms with E-state index >= 15 is 0 Å². The molecule has 2 heteroatoms. The average molecular weight is 241 g/mol. The van der Waals surface area contributed by atoms with Crippen LogP contribution in [0.25, 0.3) is 0 Å². The Morgan fingerprint density at radius 2 is 1.44 bits per heavy atom. The molecule has 0 aromatic rings. The highest BCUT2D eigenvalue weighted by Crippen LogP contribution is 2.33. The van der Waals surface area contributed by atoms with Crippen LogP contribution < -0.4 is 0 Å². The van der Waals surface area contributed by atoms with Crippen LogP contribution in [0.2, 0.25) is 0 Å². The molecule has 1 unspecified atom stereocenters. The molecule has 1 aliphatic carbocycles. The zero-order valence-electron chi connectivity index (χ0n) is 10.5. The van der Waals surface area contributed by atoms with Crippen molar-refractivity contribution in [3.05, 3.63) is 0 Å².